The summed E-state index contributed by atoms with van der Waals surface area (Å²) in [6, 6.07) is 13.4. The van der Waals surface area contributed by atoms with E-state index in [0.717, 1.165) is 36.9 Å². The molecule has 1 heterocycles. The lowest BCUT2D eigenvalue weighted by Crippen LogP contribution is -2.34. The number of rotatable bonds is 7. The van der Waals surface area contributed by atoms with Crippen molar-refractivity contribution in [1.29, 1.82) is 0 Å². The molecule has 0 bridgehead atoms. The van der Waals surface area contributed by atoms with E-state index in [2.05, 4.69) is 45.1 Å². The van der Waals surface area contributed by atoms with Crippen LogP contribution in [0.4, 0.5) is 0 Å². The number of phenolic OH excluding ortho intramolecular Hbond substituents is 1. The number of carbonyl (C=O) groups is 1. The molecule has 0 amide bonds. The Labute approximate surface area is 180 Å². The van der Waals surface area contributed by atoms with Gasteiger partial charge < -0.3 is 14.6 Å². The highest BCUT2D eigenvalue weighted by atomic mass is 79.9. The highest BCUT2D eigenvalue weighted by Crippen LogP contribution is 2.26. The Morgan fingerprint density at radius 2 is 1.93 bits per heavy atom. The molecule has 1 fully saturated rings. The first-order valence-corrected chi connectivity index (χ1v) is 10.5. The van der Waals surface area contributed by atoms with E-state index in [1.807, 2.05) is 0 Å². The van der Waals surface area contributed by atoms with Gasteiger partial charge in [-0.2, -0.15) is 0 Å². The van der Waals surface area contributed by atoms with Gasteiger partial charge in [0.05, 0.1) is 13.7 Å². The first kappa shape index (κ1) is 21.4. The zero-order valence-corrected chi connectivity index (χ0v) is 18.1. The molecule has 0 aromatic heterocycles. The molecule has 0 radical (unpaired) electrons. The van der Waals surface area contributed by atoms with Crippen molar-refractivity contribution in [2.24, 2.45) is 5.92 Å². The first-order valence-electron chi connectivity index (χ1n) is 9.72. The molecule has 1 aliphatic rings. The third kappa shape index (κ3) is 6.61. The number of hydrogen-bond donors (Lipinski definition) is 1. The van der Waals surface area contributed by atoms with Gasteiger partial charge in [-0.3, -0.25) is 4.90 Å². The molecule has 1 N–H and O–H groups in total. The molecule has 0 unspecified atom stereocenters. The molecule has 29 heavy (non-hydrogen) atoms. The van der Waals surface area contributed by atoms with E-state index in [1.165, 1.54) is 18.7 Å². The van der Waals surface area contributed by atoms with Gasteiger partial charge in [0, 0.05) is 17.1 Å². The van der Waals surface area contributed by atoms with Gasteiger partial charge in [0.2, 0.25) is 0 Å². The normalized spacial score (nSPS) is 15.5. The van der Waals surface area contributed by atoms with Crippen LogP contribution in [0, 0.1) is 5.92 Å². The van der Waals surface area contributed by atoms with Crippen molar-refractivity contribution in [3.63, 3.8) is 0 Å². The number of methoxy groups -OCH3 is 1. The zero-order valence-electron chi connectivity index (χ0n) is 16.5. The molecule has 0 saturated carbocycles. The van der Waals surface area contributed by atoms with Crippen LogP contribution in [0.25, 0.3) is 6.08 Å². The number of piperidine rings is 1. The molecule has 0 aliphatic carbocycles. The van der Waals surface area contributed by atoms with Gasteiger partial charge in [0.1, 0.15) is 0 Å². The van der Waals surface area contributed by atoms with Crippen LogP contribution in [-0.4, -0.2) is 42.8 Å². The second-order valence-electron chi connectivity index (χ2n) is 7.24. The predicted molar refractivity (Wildman–Crippen MR) is 117 cm³/mol. The van der Waals surface area contributed by atoms with Crippen molar-refractivity contribution in [3.05, 3.63) is 64.1 Å². The van der Waals surface area contributed by atoms with Crippen LogP contribution >= 0.6 is 15.9 Å². The maximum Gasteiger partial charge on any atom is 0.330 e. The minimum Gasteiger partial charge on any atom is -0.504 e. The number of benzene rings is 2. The molecule has 2 aromatic rings. The smallest absolute Gasteiger partial charge is 0.330 e. The third-order valence-corrected chi connectivity index (χ3v) is 5.63. The van der Waals surface area contributed by atoms with Gasteiger partial charge >= 0.3 is 5.97 Å². The number of nitrogens with zero attached hydrogens (tertiary/aromatic N) is 1. The number of carbonyl (C=O) groups excluding carboxylic acids is 1. The number of hydrogen-bond acceptors (Lipinski definition) is 5. The Bertz CT molecular complexity index is 842. The average molecular weight is 460 g/mol. The molecule has 0 atom stereocenters. The Morgan fingerprint density at radius 1 is 1.21 bits per heavy atom. The van der Waals surface area contributed by atoms with Crippen LogP contribution in [0.15, 0.2) is 53.0 Å². The molecule has 3 rings (SSSR count). The number of ether oxygens (including phenoxy) is 2. The van der Waals surface area contributed by atoms with Crippen molar-refractivity contribution in [3.8, 4) is 11.5 Å². The molecule has 2 aromatic carbocycles. The summed E-state index contributed by atoms with van der Waals surface area (Å²) in [6.45, 7) is 3.43. The predicted octanol–water partition coefficient (Wildman–Crippen LogP) is 4.63. The standard InChI is InChI=1S/C23H26BrNO4/c1-28-22-8-4-17(14-21(22)26)5-9-23(27)29-16-19-10-12-25(13-11-19)15-18-2-6-20(24)7-3-18/h2-9,14,19,26H,10-13,15-16H2,1H3/b9-5+. The zero-order chi connectivity index (χ0) is 20.6. The summed E-state index contributed by atoms with van der Waals surface area (Å²) in [4.78, 5) is 14.4. The Morgan fingerprint density at radius 3 is 2.59 bits per heavy atom. The SMILES string of the molecule is COc1ccc(/C=C/C(=O)OCC2CCN(Cc3ccc(Br)cc3)CC2)cc1O. The summed E-state index contributed by atoms with van der Waals surface area (Å²) >= 11 is 3.46. The molecule has 1 saturated heterocycles. The van der Waals surface area contributed by atoms with E-state index in [-0.39, 0.29) is 11.7 Å². The molecule has 5 nitrogen and oxygen atoms in total. The Hall–Kier alpha value is -2.31. The number of aromatic hydroxyl groups is 1. The summed E-state index contributed by atoms with van der Waals surface area (Å²) in [5, 5.41) is 9.78. The quantitative estimate of drug-likeness (QED) is 0.482. The van der Waals surface area contributed by atoms with Crippen molar-refractivity contribution in [2.75, 3.05) is 26.8 Å². The highest BCUT2D eigenvalue weighted by Gasteiger charge is 2.20. The summed E-state index contributed by atoms with van der Waals surface area (Å²) in [7, 11) is 1.49. The number of halogens is 1. The largest absolute Gasteiger partial charge is 0.504 e. The maximum atomic E-state index is 12.0. The van der Waals surface area contributed by atoms with Crippen molar-refractivity contribution < 1.29 is 19.4 Å². The summed E-state index contributed by atoms with van der Waals surface area (Å²) in [5.74, 6) is 0.477. The van der Waals surface area contributed by atoms with Crippen LogP contribution in [0.3, 0.4) is 0 Å². The molecular weight excluding hydrogens is 434 g/mol. The minimum absolute atomic E-state index is 0.0397. The van der Waals surface area contributed by atoms with Gasteiger partial charge in [0.25, 0.3) is 0 Å². The maximum absolute atomic E-state index is 12.0. The van der Waals surface area contributed by atoms with Crippen LogP contribution in [0.1, 0.15) is 24.0 Å². The van der Waals surface area contributed by atoms with E-state index in [4.69, 9.17) is 9.47 Å². The fraction of sp³-hybridized carbons (Fsp3) is 0.348. The third-order valence-electron chi connectivity index (χ3n) is 5.10. The van der Waals surface area contributed by atoms with Crippen LogP contribution in [-0.2, 0) is 16.1 Å². The van der Waals surface area contributed by atoms with E-state index in [0.29, 0.717) is 23.8 Å². The fourth-order valence-electron chi connectivity index (χ4n) is 3.38. The van der Waals surface area contributed by atoms with E-state index in [9.17, 15) is 9.90 Å². The molecule has 6 heteroatoms. The average Bonchev–Trinajstić information content (AvgIpc) is 2.73. The first-order chi connectivity index (χ1) is 14.0. The monoisotopic (exact) mass is 459 g/mol. The van der Waals surface area contributed by atoms with Gasteiger partial charge in [0.15, 0.2) is 11.5 Å². The second-order valence-corrected chi connectivity index (χ2v) is 8.16. The lowest BCUT2D eigenvalue weighted by molar-refractivity contribution is -0.139. The second kappa shape index (κ2) is 10.5. The van der Waals surface area contributed by atoms with E-state index >= 15 is 0 Å². The van der Waals surface area contributed by atoms with E-state index in [1.54, 1.807) is 24.3 Å². The van der Waals surface area contributed by atoms with Crippen LogP contribution in [0.5, 0.6) is 11.5 Å². The molecule has 1 aliphatic heterocycles. The highest BCUT2D eigenvalue weighted by molar-refractivity contribution is 9.10. The number of likely N-dealkylation sites (tertiary alicyclic amines) is 1. The number of esters is 1. The molecule has 154 valence electrons. The van der Waals surface area contributed by atoms with Crippen molar-refractivity contribution in [1.82, 2.24) is 4.90 Å². The molecular formula is C23H26BrNO4. The van der Waals surface area contributed by atoms with Gasteiger partial charge in [-0.05, 0) is 73.3 Å². The molecule has 0 spiro atoms. The Balaban J connectivity index is 1.39. The fourth-order valence-corrected chi connectivity index (χ4v) is 3.65. The van der Waals surface area contributed by atoms with Gasteiger partial charge in [-0.1, -0.05) is 34.1 Å². The lowest BCUT2D eigenvalue weighted by atomic mass is 9.97. The summed E-state index contributed by atoms with van der Waals surface area (Å²) in [5.41, 5.74) is 2.02. The minimum atomic E-state index is -0.363. The summed E-state index contributed by atoms with van der Waals surface area (Å²) < 4.78 is 11.5. The van der Waals surface area contributed by atoms with Gasteiger partial charge in [-0.25, -0.2) is 4.79 Å². The van der Waals surface area contributed by atoms with Crippen LogP contribution < -0.4 is 4.74 Å². The number of phenols is 1. The van der Waals surface area contributed by atoms with E-state index < -0.39 is 0 Å². The lowest BCUT2D eigenvalue weighted by Gasteiger charge is -2.31. The van der Waals surface area contributed by atoms with Crippen LogP contribution in [0.2, 0.25) is 0 Å². The topological polar surface area (TPSA) is 59.0 Å². The summed E-state index contributed by atoms with van der Waals surface area (Å²) in [6.07, 6.45) is 5.08. The Kier molecular flexibility index (Phi) is 7.72. The van der Waals surface area contributed by atoms with Gasteiger partial charge in [-0.15, -0.1) is 0 Å². The van der Waals surface area contributed by atoms with Crippen molar-refractivity contribution in [2.45, 2.75) is 19.4 Å². The van der Waals surface area contributed by atoms with Crippen molar-refractivity contribution >= 4 is 28.0 Å².